The minimum absolute atomic E-state index is 0.0717. The maximum atomic E-state index is 14.3. The van der Waals surface area contributed by atoms with E-state index >= 15 is 0 Å². The van der Waals surface area contributed by atoms with Crippen LogP contribution in [-0.4, -0.2) is 29.2 Å². The van der Waals surface area contributed by atoms with Gasteiger partial charge >= 0.3 is 6.09 Å². The molecule has 1 heterocycles. The fraction of sp³-hybridized carbons (Fsp3) is 0.219. The van der Waals surface area contributed by atoms with Crippen molar-refractivity contribution in [2.75, 3.05) is 11.9 Å². The van der Waals surface area contributed by atoms with Crippen molar-refractivity contribution in [2.45, 2.75) is 39.3 Å². The number of carbonyl (C=O) groups excluding carboxylic acids is 2. The highest BCUT2D eigenvalue weighted by Gasteiger charge is 2.21. The van der Waals surface area contributed by atoms with Crippen molar-refractivity contribution in [1.29, 1.82) is 0 Å². The Morgan fingerprint density at radius 2 is 1.60 bits per heavy atom. The maximum absolute atomic E-state index is 14.3. The van der Waals surface area contributed by atoms with E-state index in [1.807, 2.05) is 76.2 Å². The summed E-state index contributed by atoms with van der Waals surface area (Å²) in [5.74, 6) is -0.960. The molecule has 1 aromatic heterocycles. The number of para-hydroxylation sites is 1. The number of ether oxygens (including phenoxy) is 1. The molecule has 3 aromatic carbocycles. The van der Waals surface area contributed by atoms with Gasteiger partial charge in [-0.3, -0.25) is 19.1 Å². The number of aromatic nitrogens is 1. The highest BCUT2D eigenvalue weighted by molar-refractivity contribution is 5.94. The van der Waals surface area contributed by atoms with E-state index in [1.165, 1.54) is 41.4 Å². The lowest BCUT2D eigenvalue weighted by atomic mass is 9.99. The largest absolute Gasteiger partial charge is 0.443 e. The van der Waals surface area contributed by atoms with Gasteiger partial charge in [-0.25, -0.2) is 9.18 Å². The standard InChI is InChI=1S/C32H32FN3O4/c1-21(34-30(38)25-16-17-29(37)36(20-25)28-15-7-6-14-27(28)33)22-10-8-11-23(18-22)24-12-9-13-26(19-24)35(5)31(39)40-32(2,3)4/h6-21H,1-5H3,(H,34,38)/t21-/m1/s1. The molecule has 0 saturated carbocycles. The third-order valence-electron chi connectivity index (χ3n) is 6.25. The zero-order chi connectivity index (χ0) is 29.0. The van der Waals surface area contributed by atoms with Gasteiger partial charge in [0, 0.05) is 25.0 Å². The van der Waals surface area contributed by atoms with Gasteiger partial charge in [0.25, 0.3) is 11.5 Å². The summed E-state index contributed by atoms with van der Waals surface area (Å²) in [6.07, 6.45) is 0.891. The molecule has 1 atom stereocenters. The van der Waals surface area contributed by atoms with Crippen molar-refractivity contribution in [2.24, 2.45) is 0 Å². The monoisotopic (exact) mass is 541 g/mol. The molecule has 0 fully saturated rings. The molecule has 0 saturated heterocycles. The Kier molecular flexibility index (Phi) is 8.18. The van der Waals surface area contributed by atoms with Gasteiger partial charge in [0.1, 0.15) is 11.4 Å². The van der Waals surface area contributed by atoms with E-state index in [2.05, 4.69) is 5.32 Å². The molecule has 0 aliphatic heterocycles. The second kappa shape index (κ2) is 11.6. The molecule has 2 amide bonds. The second-order valence-electron chi connectivity index (χ2n) is 10.5. The van der Waals surface area contributed by atoms with E-state index in [9.17, 15) is 18.8 Å². The van der Waals surface area contributed by atoms with Crippen LogP contribution in [0.3, 0.4) is 0 Å². The van der Waals surface area contributed by atoms with E-state index < -0.39 is 29.0 Å². The fourth-order valence-corrected chi connectivity index (χ4v) is 4.14. The first-order chi connectivity index (χ1) is 18.9. The van der Waals surface area contributed by atoms with Crippen LogP contribution >= 0.6 is 0 Å². The van der Waals surface area contributed by atoms with Gasteiger partial charge in [-0.15, -0.1) is 0 Å². The average Bonchev–Trinajstić information content (AvgIpc) is 2.92. The number of anilines is 1. The minimum atomic E-state index is -0.604. The summed E-state index contributed by atoms with van der Waals surface area (Å²) in [7, 11) is 1.66. The van der Waals surface area contributed by atoms with E-state index in [1.54, 1.807) is 13.1 Å². The highest BCUT2D eigenvalue weighted by Crippen LogP contribution is 2.27. The van der Waals surface area contributed by atoms with Crippen LogP contribution in [0.15, 0.2) is 95.9 Å². The number of halogens is 1. The first-order valence-electron chi connectivity index (χ1n) is 12.9. The molecule has 0 aliphatic rings. The van der Waals surface area contributed by atoms with Crippen LogP contribution in [0, 0.1) is 5.82 Å². The molecule has 4 aromatic rings. The molecule has 0 bridgehead atoms. The van der Waals surface area contributed by atoms with Gasteiger partial charge in [0.05, 0.1) is 17.3 Å². The molecule has 8 heteroatoms. The van der Waals surface area contributed by atoms with Crippen LogP contribution in [0.25, 0.3) is 16.8 Å². The molecule has 40 heavy (non-hydrogen) atoms. The molecule has 0 aliphatic carbocycles. The van der Waals surface area contributed by atoms with Crippen molar-refractivity contribution >= 4 is 17.7 Å². The van der Waals surface area contributed by atoms with Crippen molar-refractivity contribution < 1.29 is 18.7 Å². The number of pyridine rings is 1. The minimum Gasteiger partial charge on any atom is -0.443 e. The summed E-state index contributed by atoms with van der Waals surface area (Å²) < 4.78 is 20.9. The zero-order valence-electron chi connectivity index (χ0n) is 23.1. The number of benzene rings is 3. The molecule has 4 rings (SSSR count). The number of rotatable bonds is 6. The Morgan fingerprint density at radius 1 is 0.925 bits per heavy atom. The smallest absolute Gasteiger partial charge is 0.414 e. The van der Waals surface area contributed by atoms with Gasteiger partial charge in [0.2, 0.25) is 0 Å². The Hall–Kier alpha value is -4.72. The van der Waals surface area contributed by atoms with Crippen molar-refractivity contribution in [1.82, 2.24) is 9.88 Å². The molecule has 0 unspecified atom stereocenters. The lowest BCUT2D eigenvalue weighted by Crippen LogP contribution is -2.34. The zero-order valence-corrected chi connectivity index (χ0v) is 23.1. The van der Waals surface area contributed by atoms with Gasteiger partial charge in [-0.1, -0.05) is 42.5 Å². The molecule has 0 radical (unpaired) electrons. The van der Waals surface area contributed by atoms with Gasteiger partial charge in [-0.2, -0.15) is 0 Å². The lowest BCUT2D eigenvalue weighted by molar-refractivity contribution is 0.0589. The van der Waals surface area contributed by atoms with Crippen LogP contribution in [0.4, 0.5) is 14.9 Å². The quantitative estimate of drug-likeness (QED) is 0.302. The number of hydrogen-bond donors (Lipinski definition) is 1. The first kappa shape index (κ1) is 28.3. The predicted octanol–water partition coefficient (Wildman–Crippen LogP) is 6.51. The Bertz CT molecular complexity index is 1610. The van der Waals surface area contributed by atoms with Crippen LogP contribution in [0.5, 0.6) is 0 Å². The van der Waals surface area contributed by atoms with Gasteiger partial charge in [-0.05, 0) is 80.8 Å². The average molecular weight is 542 g/mol. The molecule has 1 N–H and O–H groups in total. The SMILES string of the molecule is C[C@@H](NC(=O)c1ccc(=O)n(-c2ccccc2F)c1)c1cccc(-c2cccc(N(C)C(=O)OC(C)(C)C)c2)c1. The summed E-state index contributed by atoms with van der Waals surface area (Å²) >= 11 is 0. The van der Waals surface area contributed by atoms with Crippen molar-refractivity contribution in [3.63, 3.8) is 0 Å². The topological polar surface area (TPSA) is 80.6 Å². The summed E-state index contributed by atoms with van der Waals surface area (Å²) in [5, 5.41) is 2.95. The van der Waals surface area contributed by atoms with Gasteiger partial charge < -0.3 is 10.1 Å². The Labute approximate surface area is 232 Å². The number of amides is 2. The maximum Gasteiger partial charge on any atom is 0.414 e. The molecular formula is C32H32FN3O4. The van der Waals surface area contributed by atoms with Gasteiger partial charge in [0.15, 0.2) is 0 Å². The molecule has 7 nitrogen and oxygen atoms in total. The molecular weight excluding hydrogens is 509 g/mol. The summed E-state index contributed by atoms with van der Waals surface area (Å²) in [6.45, 7) is 7.32. The van der Waals surface area contributed by atoms with E-state index in [0.29, 0.717) is 5.69 Å². The lowest BCUT2D eigenvalue weighted by Gasteiger charge is -2.25. The summed E-state index contributed by atoms with van der Waals surface area (Å²) in [5.41, 5.74) is 2.60. The third kappa shape index (κ3) is 6.64. The number of nitrogens with zero attached hydrogens (tertiary/aromatic N) is 2. The first-order valence-corrected chi connectivity index (χ1v) is 12.9. The normalized spacial score (nSPS) is 11.9. The van der Waals surface area contributed by atoms with Crippen molar-refractivity contribution in [3.05, 3.63) is 118 Å². The number of hydrogen-bond acceptors (Lipinski definition) is 4. The molecule has 206 valence electrons. The Morgan fingerprint density at radius 3 is 2.30 bits per heavy atom. The van der Waals surface area contributed by atoms with Crippen LogP contribution in [0.2, 0.25) is 0 Å². The third-order valence-corrected chi connectivity index (χ3v) is 6.25. The summed E-state index contributed by atoms with van der Waals surface area (Å²) in [4.78, 5) is 39.4. The molecule has 0 spiro atoms. The van der Waals surface area contributed by atoms with Crippen molar-refractivity contribution in [3.8, 4) is 16.8 Å². The van der Waals surface area contributed by atoms with E-state index in [-0.39, 0.29) is 17.3 Å². The van der Waals surface area contributed by atoms with Crippen LogP contribution in [0.1, 0.15) is 49.7 Å². The highest BCUT2D eigenvalue weighted by atomic mass is 19.1. The van der Waals surface area contributed by atoms with E-state index in [4.69, 9.17) is 4.74 Å². The Balaban J connectivity index is 1.53. The fourth-order valence-electron chi connectivity index (χ4n) is 4.14. The number of carbonyl (C=O) groups is 2. The predicted molar refractivity (Wildman–Crippen MR) is 154 cm³/mol. The van der Waals surface area contributed by atoms with Crippen LogP contribution in [-0.2, 0) is 4.74 Å². The van der Waals surface area contributed by atoms with E-state index in [0.717, 1.165) is 21.3 Å². The summed E-state index contributed by atoms with van der Waals surface area (Å²) in [6, 6.07) is 23.5. The second-order valence-corrected chi connectivity index (χ2v) is 10.5. The van der Waals surface area contributed by atoms with Crippen LogP contribution < -0.4 is 15.8 Å². The number of nitrogens with one attached hydrogen (secondary N) is 1.